The maximum atomic E-state index is 12.6. The predicted octanol–water partition coefficient (Wildman–Crippen LogP) is 6.22. The summed E-state index contributed by atoms with van der Waals surface area (Å²) < 4.78 is 37.7. The third-order valence-electron chi connectivity index (χ3n) is 3.57. The first-order chi connectivity index (χ1) is 10.4. The summed E-state index contributed by atoms with van der Waals surface area (Å²) in [5.41, 5.74) is 3.47. The highest BCUT2D eigenvalue weighted by Gasteiger charge is 2.29. The lowest BCUT2D eigenvalue weighted by molar-refractivity contribution is -0.137. The zero-order valence-electron chi connectivity index (χ0n) is 12.7. The van der Waals surface area contributed by atoms with Gasteiger partial charge in [0.1, 0.15) is 0 Å². The fraction of sp³-hybridized carbons (Fsp3) is 0.263. The second-order valence-corrected chi connectivity index (χ2v) is 5.39. The van der Waals surface area contributed by atoms with Crippen molar-refractivity contribution in [2.75, 3.05) is 0 Å². The Bertz CT molecular complexity index is 632. The minimum atomic E-state index is -4.29. The molecule has 2 rings (SSSR count). The van der Waals surface area contributed by atoms with Gasteiger partial charge in [-0.3, -0.25) is 0 Å². The second-order valence-electron chi connectivity index (χ2n) is 5.39. The van der Waals surface area contributed by atoms with Gasteiger partial charge in [0.25, 0.3) is 0 Å². The van der Waals surface area contributed by atoms with Crippen LogP contribution in [0.1, 0.15) is 42.5 Å². The van der Waals surface area contributed by atoms with Gasteiger partial charge < -0.3 is 0 Å². The summed E-state index contributed by atoms with van der Waals surface area (Å²) in [6.07, 6.45) is -0.134. The van der Waals surface area contributed by atoms with Gasteiger partial charge in [0.15, 0.2) is 0 Å². The summed E-state index contributed by atoms with van der Waals surface area (Å²) >= 11 is 0. The van der Waals surface area contributed by atoms with Crippen molar-refractivity contribution in [1.82, 2.24) is 0 Å². The van der Waals surface area contributed by atoms with Crippen LogP contribution in [0.3, 0.4) is 0 Å². The highest BCUT2D eigenvalue weighted by molar-refractivity contribution is 5.80. The van der Waals surface area contributed by atoms with E-state index in [2.05, 4.69) is 19.1 Å². The molecule has 0 amide bonds. The molecule has 2 aromatic carbocycles. The minimum Gasteiger partial charge on any atom is -0.166 e. The number of alkyl halides is 3. The molecule has 3 heteroatoms. The summed E-state index contributed by atoms with van der Waals surface area (Å²) in [5, 5.41) is 0. The van der Waals surface area contributed by atoms with Gasteiger partial charge in [0.2, 0.25) is 0 Å². The van der Waals surface area contributed by atoms with Crippen LogP contribution in [0.2, 0.25) is 0 Å². The standard InChI is InChI=1S/C19H19F3/c1-3-4-15-5-7-16(8-6-15)13-14(2)17-9-11-18(12-10-17)19(20,21)22/h5-13H,3-4H2,1-2H3. The topological polar surface area (TPSA) is 0 Å². The molecular weight excluding hydrogens is 285 g/mol. The van der Waals surface area contributed by atoms with Crippen LogP contribution in [0.4, 0.5) is 13.2 Å². The number of hydrogen-bond acceptors (Lipinski definition) is 0. The lowest BCUT2D eigenvalue weighted by Crippen LogP contribution is -2.04. The Morgan fingerprint density at radius 2 is 1.55 bits per heavy atom. The van der Waals surface area contributed by atoms with E-state index >= 15 is 0 Å². The molecule has 0 aliphatic heterocycles. The van der Waals surface area contributed by atoms with Gasteiger partial charge in [0.05, 0.1) is 5.56 Å². The second kappa shape index (κ2) is 6.82. The quantitative estimate of drug-likeness (QED) is 0.588. The van der Waals surface area contributed by atoms with E-state index in [-0.39, 0.29) is 0 Å². The molecule has 0 N–H and O–H groups in total. The van der Waals surface area contributed by atoms with E-state index in [0.717, 1.165) is 41.7 Å². The van der Waals surface area contributed by atoms with Crippen LogP contribution in [-0.4, -0.2) is 0 Å². The average Bonchev–Trinajstić information content (AvgIpc) is 2.49. The molecular formula is C19H19F3. The van der Waals surface area contributed by atoms with Gasteiger partial charge in [-0.1, -0.05) is 55.8 Å². The molecule has 0 saturated heterocycles. The Morgan fingerprint density at radius 3 is 2.05 bits per heavy atom. The molecule has 0 nitrogen and oxygen atoms in total. The van der Waals surface area contributed by atoms with E-state index in [1.54, 1.807) is 0 Å². The normalized spacial score (nSPS) is 12.5. The van der Waals surface area contributed by atoms with Gasteiger partial charge in [0, 0.05) is 0 Å². The van der Waals surface area contributed by atoms with E-state index in [1.165, 1.54) is 17.7 Å². The van der Waals surface area contributed by atoms with Gasteiger partial charge in [-0.2, -0.15) is 13.2 Å². The molecule has 22 heavy (non-hydrogen) atoms. The molecule has 0 radical (unpaired) electrons. The molecule has 0 fully saturated rings. The summed E-state index contributed by atoms with van der Waals surface area (Å²) in [4.78, 5) is 0. The Kier molecular flexibility index (Phi) is 5.07. The van der Waals surface area contributed by atoms with Crippen molar-refractivity contribution >= 4 is 11.6 Å². The van der Waals surface area contributed by atoms with Crippen molar-refractivity contribution in [2.45, 2.75) is 32.9 Å². The monoisotopic (exact) mass is 304 g/mol. The van der Waals surface area contributed by atoms with Crippen LogP contribution in [0.5, 0.6) is 0 Å². The molecule has 0 aromatic heterocycles. The SMILES string of the molecule is CCCc1ccc(C=C(C)c2ccc(C(F)(F)F)cc2)cc1. The van der Waals surface area contributed by atoms with E-state index < -0.39 is 11.7 Å². The summed E-state index contributed by atoms with van der Waals surface area (Å²) in [7, 11) is 0. The van der Waals surface area contributed by atoms with E-state index in [0.29, 0.717) is 0 Å². The zero-order chi connectivity index (χ0) is 16.2. The first kappa shape index (κ1) is 16.3. The third-order valence-corrected chi connectivity index (χ3v) is 3.57. The number of benzene rings is 2. The molecule has 0 aliphatic carbocycles. The minimum absolute atomic E-state index is 0.618. The summed E-state index contributed by atoms with van der Waals surface area (Å²) in [5.74, 6) is 0. The molecule has 0 aliphatic rings. The number of rotatable bonds is 4. The lowest BCUT2D eigenvalue weighted by Gasteiger charge is -2.08. The molecule has 0 spiro atoms. The maximum absolute atomic E-state index is 12.6. The number of aryl methyl sites for hydroxylation is 1. The molecule has 0 heterocycles. The first-order valence-corrected chi connectivity index (χ1v) is 7.35. The van der Waals surface area contributed by atoms with Gasteiger partial charge in [-0.15, -0.1) is 0 Å². The Morgan fingerprint density at radius 1 is 0.955 bits per heavy atom. The average molecular weight is 304 g/mol. The summed E-state index contributed by atoms with van der Waals surface area (Å²) in [6, 6.07) is 13.5. The lowest BCUT2D eigenvalue weighted by atomic mass is 10.0. The van der Waals surface area contributed by atoms with Crippen molar-refractivity contribution in [3.8, 4) is 0 Å². The van der Waals surface area contributed by atoms with Gasteiger partial charge >= 0.3 is 6.18 Å². The van der Waals surface area contributed by atoms with Gasteiger partial charge in [-0.05, 0) is 47.7 Å². The van der Waals surface area contributed by atoms with Crippen molar-refractivity contribution in [3.05, 3.63) is 70.8 Å². The Balaban J connectivity index is 2.17. The third kappa shape index (κ3) is 4.23. The molecule has 2 aromatic rings. The zero-order valence-corrected chi connectivity index (χ0v) is 12.7. The Labute approximate surface area is 129 Å². The van der Waals surface area contributed by atoms with Crippen LogP contribution in [-0.2, 0) is 12.6 Å². The van der Waals surface area contributed by atoms with E-state index in [9.17, 15) is 13.2 Å². The van der Waals surface area contributed by atoms with Gasteiger partial charge in [-0.25, -0.2) is 0 Å². The van der Waals surface area contributed by atoms with Crippen molar-refractivity contribution < 1.29 is 13.2 Å². The number of allylic oxidation sites excluding steroid dienone is 1. The summed E-state index contributed by atoms with van der Waals surface area (Å²) in [6.45, 7) is 4.05. The Hall–Kier alpha value is -2.03. The molecule has 116 valence electrons. The fourth-order valence-corrected chi connectivity index (χ4v) is 2.32. The van der Waals surface area contributed by atoms with E-state index in [1.807, 2.05) is 25.1 Å². The molecule has 0 atom stereocenters. The fourth-order valence-electron chi connectivity index (χ4n) is 2.32. The molecule has 0 bridgehead atoms. The highest BCUT2D eigenvalue weighted by Crippen LogP contribution is 2.30. The molecule has 0 saturated carbocycles. The largest absolute Gasteiger partial charge is 0.416 e. The van der Waals surface area contributed by atoms with Crippen LogP contribution in [0.15, 0.2) is 48.5 Å². The van der Waals surface area contributed by atoms with Crippen molar-refractivity contribution in [3.63, 3.8) is 0 Å². The molecule has 0 unspecified atom stereocenters. The number of halogens is 3. The maximum Gasteiger partial charge on any atom is 0.416 e. The first-order valence-electron chi connectivity index (χ1n) is 7.35. The van der Waals surface area contributed by atoms with Crippen LogP contribution in [0.25, 0.3) is 11.6 Å². The van der Waals surface area contributed by atoms with Crippen molar-refractivity contribution in [2.24, 2.45) is 0 Å². The van der Waals surface area contributed by atoms with E-state index in [4.69, 9.17) is 0 Å². The van der Waals surface area contributed by atoms with Crippen LogP contribution < -0.4 is 0 Å². The van der Waals surface area contributed by atoms with Crippen LogP contribution in [0, 0.1) is 0 Å². The predicted molar refractivity (Wildman–Crippen MR) is 85.4 cm³/mol. The van der Waals surface area contributed by atoms with Crippen LogP contribution >= 0.6 is 0 Å². The highest BCUT2D eigenvalue weighted by atomic mass is 19.4. The number of hydrogen-bond donors (Lipinski definition) is 0. The smallest absolute Gasteiger partial charge is 0.166 e. The van der Waals surface area contributed by atoms with Crippen molar-refractivity contribution in [1.29, 1.82) is 0 Å².